The van der Waals surface area contributed by atoms with E-state index in [0.29, 0.717) is 5.56 Å². The summed E-state index contributed by atoms with van der Waals surface area (Å²) >= 11 is 0. The molecule has 4 N–H and O–H groups in total. The molecule has 0 aliphatic carbocycles. The van der Waals surface area contributed by atoms with Crippen LogP contribution >= 0.6 is 0 Å². The van der Waals surface area contributed by atoms with Crippen molar-refractivity contribution in [3.8, 4) is 0 Å². The van der Waals surface area contributed by atoms with Crippen LogP contribution in [0.2, 0.25) is 0 Å². The van der Waals surface area contributed by atoms with Crippen molar-refractivity contribution < 1.29 is 18.0 Å². The average molecular weight is 443 g/mol. The van der Waals surface area contributed by atoms with Crippen molar-refractivity contribution in [2.24, 2.45) is 0 Å². The lowest BCUT2D eigenvalue weighted by atomic mass is 9.87. The highest BCUT2D eigenvalue weighted by Gasteiger charge is 2.18. The molecule has 0 saturated carbocycles. The molecule has 2 amide bonds. The van der Waals surface area contributed by atoms with E-state index in [-0.39, 0.29) is 23.3 Å². The number of nitrogens with one attached hydrogen (secondary N) is 4. The maximum Gasteiger partial charge on any atom is 0.271 e. The maximum atomic E-state index is 12.4. The third-order valence-electron chi connectivity index (χ3n) is 4.82. The van der Waals surface area contributed by atoms with E-state index in [1.165, 1.54) is 0 Å². The standard InChI is InChI=1S/C22H26N4O4S/c1-22(2,3)15-8-10-16(11-9-15)31(29,30)24-13-12-20(27)25-26-21(28)18-14-23-19-7-5-4-6-17(18)19/h4-11,14,23-24H,12-13H2,1-3H3,(H,25,27)(H,26,28). The Bertz CT molecular complexity index is 1190. The van der Waals surface area contributed by atoms with Crippen LogP contribution in [0.3, 0.4) is 0 Å². The molecule has 2 aromatic carbocycles. The van der Waals surface area contributed by atoms with E-state index in [2.05, 4.69) is 20.6 Å². The van der Waals surface area contributed by atoms with Crippen molar-refractivity contribution >= 4 is 32.7 Å². The summed E-state index contributed by atoms with van der Waals surface area (Å²) in [6, 6.07) is 14.0. The average Bonchev–Trinajstić information content (AvgIpc) is 3.15. The maximum absolute atomic E-state index is 12.4. The van der Waals surface area contributed by atoms with Crippen molar-refractivity contribution in [2.45, 2.75) is 37.5 Å². The van der Waals surface area contributed by atoms with Crippen LogP contribution in [0.25, 0.3) is 10.9 Å². The zero-order valence-electron chi connectivity index (χ0n) is 17.7. The summed E-state index contributed by atoms with van der Waals surface area (Å²) in [6.07, 6.45) is 1.43. The number of fused-ring (bicyclic) bond motifs is 1. The summed E-state index contributed by atoms with van der Waals surface area (Å²) in [5, 5.41) is 0.736. The van der Waals surface area contributed by atoms with Gasteiger partial charge in [-0.2, -0.15) is 0 Å². The molecule has 31 heavy (non-hydrogen) atoms. The molecule has 0 radical (unpaired) electrons. The van der Waals surface area contributed by atoms with Gasteiger partial charge in [0.2, 0.25) is 15.9 Å². The first-order chi connectivity index (χ1) is 14.6. The van der Waals surface area contributed by atoms with Gasteiger partial charge in [-0.3, -0.25) is 20.4 Å². The molecule has 3 aromatic rings. The Hall–Kier alpha value is -3.17. The molecule has 164 valence electrons. The molecule has 0 aliphatic rings. The summed E-state index contributed by atoms with van der Waals surface area (Å²) in [5.41, 5.74) is 6.79. The molecule has 1 aromatic heterocycles. The number of hydrogen-bond acceptors (Lipinski definition) is 4. The number of carbonyl (C=O) groups is 2. The second-order valence-corrected chi connectivity index (χ2v) is 9.94. The lowest BCUT2D eigenvalue weighted by Crippen LogP contribution is -2.42. The Labute approximate surface area is 181 Å². The summed E-state index contributed by atoms with van der Waals surface area (Å²) < 4.78 is 27.2. The first-order valence-corrected chi connectivity index (χ1v) is 11.3. The molecule has 0 unspecified atom stereocenters. The van der Waals surface area contributed by atoms with E-state index in [4.69, 9.17) is 0 Å². The van der Waals surface area contributed by atoms with Gasteiger partial charge >= 0.3 is 0 Å². The third kappa shape index (κ3) is 5.50. The highest BCUT2D eigenvalue weighted by atomic mass is 32.2. The predicted molar refractivity (Wildman–Crippen MR) is 119 cm³/mol. The largest absolute Gasteiger partial charge is 0.360 e. The van der Waals surface area contributed by atoms with Crippen LogP contribution in [0.4, 0.5) is 0 Å². The van der Waals surface area contributed by atoms with E-state index in [0.717, 1.165) is 16.5 Å². The fourth-order valence-corrected chi connectivity index (χ4v) is 4.06. The first-order valence-electron chi connectivity index (χ1n) is 9.83. The number of sulfonamides is 1. The Balaban J connectivity index is 1.49. The van der Waals surface area contributed by atoms with Gasteiger partial charge < -0.3 is 4.98 Å². The fourth-order valence-electron chi connectivity index (χ4n) is 3.03. The van der Waals surface area contributed by atoms with Crippen molar-refractivity contribution in [3.63, 3.8) is 0 Å². The Morgan fingerprint density at radius 2 is 1.65 bits per heavy atom. The molecule has 0 saturated heterocycles. The van der Waals surface area contributed by atoms with Gasteiger partial charge in [0, 0.05) is 30.1 Å². The van der Waals surface area contributed by atoms with E-state index >= 15 is 0 Å². The van der Waals surface area contributed by atoms with Crippen LogP contribution in [-0.4, -0.2) is 31.8 Å². The Morgan fingerprint density at radius 3 is 2.32 bits per heavy atom. The first kappa shape index (κ1) is 22.5. The minimum absolute atomic E-state index is 0.0784. The fraction of sp³-hybridized carbons (Fsp3) is 0.273. The molecule has 8 nitrogen and oxygen atoms in total. The quantitative estimate of drug-likeness (QED) is 0.439. The van der Waals surface area contributed by atoms with Crippen LogP contribution in [0, 0.1) is 0 Å². The predicted octanol–water partition coefficient (Wildman–Crippen LogP) is 2.60. The number of amides is 2. The number of aromatic nitrogens is 1. The second kappa shape index (κ2) is 8.91. The zero-order valence-corrected chi connectivity index (χ0v) is 18.5. The highest BCUT2D eigenvalue weighted by Crippen LogP contribution is 2.23. The SMILES string of the molecule is CC(C)(C)c1ccc(S(=O)(=O)NCCC(=O)NNC(=O)c2c[nH]c3ccccc23)cc1. The number of H-pyrrole nitrogens is 1. The topological polar surface area (TPSA) is 120 Å². The molecule has 3 rings (SSSR count). The molecule has 0 aliphatic heterocycles. The highest BCUT2D eigenvalue weighted by molar-refractivity contribution is 7.89. The minimum atomic E-state index is -3.73. The van der Waals surface area contributed by atoms with E-state index < -0.39 is 21.8 Å². The van der Waals surface area contributed by atoms with Crippen LogP contribution in [-0.2, 0) is 20.2 Å². The number of para-hydroxylation sites is 1. The number of hydrogen-bond donors (Lipinski definition) is 4. The molecular formula is C22H26N4O4S. The van der Waals surface area contributed by atoms with Gasteiger partial charge in [0.1, 0.15) is 0 Å². The monoisotopic (exact) mass is 442 g/mol. The summed E-state index contributed by atoms with van der Waals surface area (Å²) in [5.74, 6) is -0.982. The Morgan fingerprint density at radius 1 is 0.968 bits per heavy atom. The zero-order chi connectivity index (χ0) is 22.6. The van der Waals surface area contributed by atoms with Crippen molar-refractivity contribution in [2.75, 3.05) is 6.54 Å². The van der Waals surface area contributed by atoms with E-state index in [1.54, 1.807) is 36.5 Å². The summed E-state index contributed by atoms with van der Waals surface area (Å²) in [4.78, 5) is 27.4. The van der Waals surface area contributed by atoms with Crippen molar-refractivity contribution in [3.05, 3.63) is 65.9 Å². The summed E-state index contributed by atoms with van der Waals surface area (Å²) in [7, 11) is -3.73. The lowest BCUT2D eigenvalue weighted by Gasteiger charge is -2.19. The summed E-state index contributed by atoms with van der Waals surface area (Å²) in [6.45, 7) is 6.04. The van der Waals surface area contributed by atoms with Gasteiger partial charge in [0.25, 0.3) is 5.91 Å². The van der Waals surface area contributed by atoms with Gasteiger partial charge in [-0.15, -0.1) is 0 Å². The number of carbonyl (C=O) groups excluding carboxylic acids is 2. The number of rotatable bonds is 6. The van der Waals surface area contributed by atoms with Crippen molar-refractivity contribution in [1.82, 2.24) is 20.6 Å². The number of aromatic amines is 1. The lowest BCUT2D eigenvalue weighted by molar-refractivity contribution is -0.121. The molecule has 0 atom stereocenters. The van der Waals surface area contributed by atoms with Crippen LogP contribution in [0.5, 0.6) is 0 Å². The van der Waals surface area contributed by atoms with Crippen LogP contribution in [0.15, 0.2) is 59.6 Å². The minimum Gasteiger partial charge on any atom is -0.360 e. The second-order valence-electron chi connectivity index (χ2n) is 8.17. The number of benzene rings is 2. The van der Waals surface area contributed by atoms with E-state index in [9.17, 15) is 18.0 Å². The molecule has 0 spiro atoms. The van der Waals surface area contributed by atoms with Crippen LogP contribution in [0.1, 0.15) is 43.1 Å². The van der Waals surface area contributed by atoms with Gasteiger partial charge in [0.05, 0.1) is 10.5 Å². The van der Waals surface area contributed by atoms with Crippen molar-refractivity contribution in [1.29, 1.82) is 0 Å². The van der Waals surface area contributed by atoms with Gasteiger partial charge in [-0.1, -0.05) is 51.1 Å². The molecule has 0 bridgehead atoms. The van der Waals surface area contributed by atoms with Gasteiger partial charge in [-0.05, 0) is 29.2 Å². The molecule has 9 heteroatoms. The third-order valence-corrected chi connectivity index (χ3v) is 6.30. The molecule has 0 fully saturated rings. The van der Waals surface area contributed by atoms with Gasteiger partial charge in [0.15, 0.2) is 0 Å². The Kier molecular flexibility index (Phi) is 6.47. The van der Waals surface area contributed by atoms with E-state index in [1.807, 2.05) is 39.0 Å². The smallest absolute Gasteiger partial charge is 0.271 e. The molecule has 1 heterocycles. The van der Waals surface area contributed by atoms with Gasteiger partial charge in [-0.25, -0.2) is 13.1 Å². The normalized spacial score (nSPS) is 12.0. The molecular weight excluding hydrogens is 416 g/mol. The van der Waals surface area contributed by atoms with Crippen LogP contribution < -0.4 is 15.6 Å². The number of hydrazine groups is 1.